The van der Waals surface area contributed by atoms with Gasteiger partial charge in [0.05, 0.1) is 18.3 Å². The Morgan fingerprint density at radius 3 is 2.08 bits per heavy atom. The molecule has 0 fully saturated rings. The fourth-order valence-corrected chi connectivity index (χ4v) is 5.21. The van der Waals surface area contributed by atoms with E-state index >= 15 is 0 Å². The zero-order valence-electron chi connectivity index (χ0n) is 23.4. The van der Waals surface area contributed by atoms with Crippen molar-refractivity contribution < 1.29 is 23.5 Å². The minimum atomic E-state index is -2.03. The molecule has 1 atom stereocenters. The molecule has 3 aromatic carbocycles. The molecule has 1 heterocycles. The zero-order valence-corrected chi connectivity index (χ0v) is 24.4. The van der Waals surface area contributed by atoms with Gasteiger partial charge in [0.25, 0.3) is 0 Å². The molecule has 7 nitrogen and oxygen atoms in total. The van der Waals surface area contributed by atoms with Crippen molar-refractivity contribution >= 4 is 31.9 Å². The predicted molar refractivity (Wildman–Crippen MR) is 156 cm³/mol. The summed E-state index contributed by atoms with van der Waals surface area (Å²) in [5, 5.41) is 2.85. The first-order valence-corrected chi connectivity index (χ1v) is 16.2. The standard InChI is InChI=1S/C31H38N2O5Si/c1-31(2,3)39(4,5)38-22-27-19-25-18-26(32-29(34)36-20-23-12-8-6-9-13-23)16-17-28(25)33(27)30(35)37-21-24-14-10-7-11-15-24/h6-18,27H,19-22H2,1-5H3,(H,32,34). The Hall–Kier alpha value is -3.62. The molecule has 0 saturated carbocycles. The van der Waals surface area contributed by atoms with Crippen LogP contribution in [-0.4, -0.2) is 33.2 Å². The molecule has 0 bridgehead atoms. The number of benzene rings is 3. The first-order chi connectivity index (χ1) is 18.5. The molecular weight excluding hydrogens is 508 g/mol. The Kier molecular flexibility index (Phi) is 8.77. The van der Waals surface area contributed by atoms with E-state index in [0.29, 0.717) is 18.7 Å². The average molecular weight is 547 g/mol. The number of nitrogens with zero attached hydrogens (tertiary/aromatic N) is 1. The lowest BCUT2D eigenvalue weighted by Crippen LogP contribution is -2.47. The molecule has 1 N–H and O–H groups in total. The third-order valence-electron chi connectivity index (χ3n) is 7.46. The van der Waals surface area contributed by atoms with Crippen molar-refractivity contribution in [3.05, 3.63) is 95.6 Å². The van der Waals surface area contributed by atoms with E-state index in [1.54, 1.807) is 11.0 Å². The minimum absolute atomic E-state index is 0.0499. The molecular formula is C31H38N2O5Si. The normalized spacial score (nSPS) is 15.0. The van der Waals surface area contributed by atoms with Crippen molar-refractivity contribution in [1.82, 2.24) is 0 Å². The van der Waals surface area contributed by atoms with Gasteiger partial charge in [-0.15, -0.1) is 0 Å². The van der Waals surface area contributed by atoms with Crippen LogP contribution in [-0.2, 0) is 33.5 Å². The molecule has 206 valence electrons. The van der Waals surface area contributed by atoms with Gasteiger partial charge < -0.3 is 13.9 Å². The fraction of sp³-hybridized carbons (Fsp3) is 0.355. The van der Waals surface area contributed by atoms with Crippen molar-refractivity contribution in [2.24, 2.45) is 0 Å². The van der Waals surface area contributed by atoms with Crippen molar-refractivity contribution in [1.29, 1.82) is 0 Å². The molecule has 0 radical (unpaired) electrons. The SMILES string of the molecule is CC(C)(C)[Si](C)(C)OCC1Cc2cc(NC(=O)OCc3ccccc3)ccc2N1C(=O)OCc1ccccc1. The van der Waals surface area contributed by atoms with Gasteiger partial charge in [-0.25, -0.2) is 9.59 Å². The van der Waals surface area contributed by atoms with Gasteiger partial charge in [0.1, 0.15) is 13.2 Å². The van der Waals surface area contributed by atoms with Gasteiger partial charge in [-0.3, -0.25) is 10.2 Å². The van der Waals surface area contributed by atoms with Gasteiger partial charge >= 0.3 is 12.2 Å². The molecule has 3 aromatic rings. The highest BCUT2D eigenvalue weighted by Crippen LogP contribution is 2.39. The summed E-state index contributed by atoms with van der Waals surface area (Å²) in [5.41, 5.74) is 4.15. The van der Waals surface area contributed by atoms with E-state index in [1.807, 2.05) is 72.8 Å². The predicted octanol–water partition coefficient (Wildman–Crippen LogP) is 7.53. The van der Waals surface area contributed by atoms with E-state index in [2.05, 4.69) is 39.2 Å². The molecule has 0 aliphatic carbocycles. The van der Waals surface area contributed by atoms with Crippen LogP contribution in [0.15, 0.2) is 78.9 Å². The molecule has 2 amide bonds. The van der Waals surface area contributed by atoms with Gasteiger partial charge in [-0.1, -0.05) is 81.4 Å². The van der Waals surface area contributed by atoms with Gasteiger partial charge in [-0.2, -0.15) is 0 Å². The van der Waals surface area contributed by atoms with Crippen LogP contribution in [0.2, 0.25) is 18.1 Å². The average Bonchev–Trinajstić information content (AvgIpc) is 3.28. The monoisotopic (exact) mass is 546 g/mol. The van der Waals surface area contributed by atoms with E-state index < -0.39 is 20.5 Å². The smallest absolute Gasteiger partial charge is 0.414 e. The third kappa shape index (κ3) is 7.28. The lowest BCUT2D eigenvalue weighted by Gasteiger charge is -2.37. The van der Waals surface area contributed by atoms with Crippen molar-refractivity contribution in [2.75, 3.05) is 16.8 Å². The second-order valence-corrected chi connectivity index (χ2v) is 16.2. The number of anilines is 2. The van der Waals surface area contributed by atoms with E-state index in [0.717, 1.165) is 22.4 Å². The molecule has 0 aromatic heterocycles. The Morgan fingerprint density at radius 1 is 0.897 bits per heavy atom. The number of rotatable bonds is 8. The Labute approximate surface area is 232 Å². The van der Waals surface area contributed by atoms with Crippen LogP contribution < -0.4 is 10.2 Å². The molecule has 0 saturated heterocycles. The summed E-state index contributed by atoms with van der Waals surface area (Å²) in [4.78, 5) is 27.5. The minimum Gasteiger partial charge on any atom is -0.444 e. The summed E-state index contributed by atoms with van der Waals surface area (Å²) in [6.07, 6.45) is -0.350. The number of hydrogen-bond donors (Lipinski definition) is 1. The number of fused-ring (bicyclic) bond motifs is 1. The fourth-order valence-electron chi connectivity index (χ4n) is 4.17. The largest absolute Gasteiger partial charge is 0.444 e. The van der Waals surface area contributed by atoms with E-state index in [4.69, 9.17) is 13.9 Å². The Morgan fingerprint density at radius 2 is 1.49 bits per heavy atom. The molecule has 1 aliphatic heterocycles. The summed E-state index contributed by atoms with van der Waals surface area (Å²) >= 11 is 0. The summed E-state index contributed by atoms with van der Waals surface area (Å²) < 4.78 is 17.6. The van der Waals surface area contributed by atoms with Crippen LogP contribution in [0.4, 0.5) is 21.0 Å². The van der Waals surface area contributed by atoms with Crippen molar-refractivity contribution in [3.8, 4) is 0 Å². The molecule has 39 heavy (non-hydrogen) atoms. The topological polar surface area (TPSA) is 77.1 Å². The number of carbonyl (C=O) groups is 2. The summed E-state index contributed by atoms with van der Waals surface area (Å²) in [6.45, 7) is 11.8. The summed E-state index contributed by atoms with van der Waals surface area (Å²) in [7, 11) is -2.03. The highest BCUT2D eigenvalue weighted by molar-refractivity contribution is 6.74. The summed E-state index contributed by atoms with van der Waals surface area (Å²) in [5.74, 6) is 0. The van der Waals surface area contributed by atoms with Gasteiger partial charge in [0.15, 0.2) is 8.32 Å². The molecule has 8 heteroatoms. The van der Waals surface area contributed by atoms with Gasteiger partial charge in [0.2, 0.25) is 0 Å². The van der Waals surface area contributed by atoms with E-state index in [-0.39, 0.29) is 24.3 Å². The third-order valence-corrected chi connectivity index (χ3v) is 12.0. The van der Waals surface area contributed by atoms with Crippen molar-refractivity contribution in [2.45, 2.75) is 64.6 Å². The summed E-state index contributed by atoms with van der Waals surface area (Å²) in [6, 6.07) is 24.5. The van der Waals surface area contributed by atoms with E-state index in [9.17, 15) is 9.59 Å². The Balaban J connectivity index is 1.47. The second kappa shape index (κ2) is 12.0. The molecule has 0 spiro atoms. The maximum atomic E-state index is 13.4. The van der Waals surface area contributed by atoms with Gasteiger partial charge in [0, 0.05) is 5.69 Å². The number of hydrogen-bond acceptors (Lipinski definition) is 5. The quantitative estimate of drug-likeness (QED) is 0.296. The second-order valence-electron chi connectivity index (χ2n) is 11.4. The first kappa shape index (κ1) is 28.4. The molecule has 1 unspecified atom stereocenters. The van der Waals surface area contributed by atoms with E-state index in [1.165, 1.54) is 0 Å². The molecule has 4 rings (SSSR count). The highest BCUT2D eigenvalue weighted by Gasteiger charge is 2.41. The maximum Gasteiger partial charge on any atom is 0.414 e. The number of nitrogens with one attached hydrogen (secondary N) is 1. The van der Waals surface area contributed by atoms with Crippen LogP contribution in [0.25, 0.3) is 0 Å². The maximum absolute atomic E-state index is 13.4. The highest BCUT2D eigenvalue weighted by atomic mass is 28.4. The lowest BCUT2D eigenvalue weighted by molar-refractivity contribution is 0.141. The van der Waals surface area contributed by atoms with Crippen molar-refractivity contribution in [3.63, 3.8) is 0 Å². The van der Waals surface area contributed by atoms with Crippen LogP contribution in [0, 0.1) is 0 Å². The van der Waals surface area contributed by atoms with Crippen LogP contribution in [0.5, 0.6) is 0 Å². The number of ether oxygens (including phenoxy) is 2. The first-order valence-electron chi connectivity index (χ1n) is 13.3. The number of amides is 2. The zero-order chi connectivity index (χ0) is 28.0. The van der Waals surface area contributed by atoms with Gasteiger partial charge in [-0.05, 0) is 59.4 Å². The lowest BCUT2D eigenvalue weighted by atomic mass is 10.1. The Bertz CT molecular complexity index is 1280. The van der Waals surface area contributed by atoms with Crippen LogP contribution in [0.1, 0.15) is 37.5 Å². The molecule has 1 aliphatic rings. The number of carbonyl (C=O) groups excluding carboxylic acids is 2. The van der Waals surface area contributed by atoms with Crippen LogP contribution in [0.3, 0.4) is 0 Å². The van der Waals surface area contributed by atoms with Crippen LogP contribution >= 0.6 is 0 Å².